The normalized spacial score (nSPS) is 12.1. The largest absolute Gasteiger partial charge is 0.465 e. The molecule has 32 heavy (non-hydrogen) atoms. The number of amides is 1. The Balaban J connectivity index is 1.85. The highest BCUT2D eigenvalue weighted by Crippen LogP contribution is 2.24. The Kier molecular flexibility index (Phi) is 6.05. The van der Waals surface area contributed by atoms with Crippen molar-refractivity contribution >= 4 is 44.4 Å². The molecule has 4 aromatic rings. The van der Waals surface area contributed by atoms with Crippen LogP contribution in [-0.4, -0.2) is 23.1 Å². The predicted octanol–water partition coefficient (Wildman–Crippen LogP) is 4.24. The van der Waals surface area contributed by atoms with Gasteiger partial charge in [-0.25, -0.2) is 0 Å². The molecule has 7 nitrogen and oxygen atoms in total. The molecule has 0 aliphatic carbocycles. The zero-order valence-electron chi connectivity index (χ0n) is 18.0. The number of fused-ring (bicyclic) bond motifs is 2. The van der Waals surface area contributed by atoms with Crippen molar-refractivity contribution in [2.24, 2.45) is 4.99 Å². The summed E-state index contributed by atoms with van der Waals surface area (Å²) in [5, 5.41) is 0.393. The van der Waals surface area contributed by atoms with Crippen LogP contribution >= 0.6 is 11.3 Å². The highest BCUT2D eigenvalue weighted by atomic mass is 32.1. The molecule has 8 heteroatoms. The molecule has 0 aliphatic heterocycles. The Morgan fingerprint density at radius 2 is 1.94 bits per heavy atom. The van der Waals surface area contributed by atoms with Gasteiger partial charge in [0.15, 0.2) is 16.0 Å². The molecule has 2 aromatic heterocycles. The summed E-state index contributed by atoms with van der Waals surface area (Å²) < 4.78 is 13.3. The van der Waals surface area contributed by atoms with Crippen molar-refractivity contribution in [3.63, 3.8) is 0 Å². The second-order valence-corrected chi connectivity index (χ2v) is 8.55. The van der Waals surface area contributed by atoms with Crippen LogP contribution in [-0.2, 0) is 16.1 Å². The van der Waals surface area contributed by atoms with Crippen molar-refractivity contribution in [1.82, 2.24) is 4.57 Å². The molecule has 0 spiro atoms. The molecule has 0 aliphatic rings. The summed E-state index contributed by atoms with van der Waals surface area (Å²) in [6.45, 7) is 6.10. The van der Waals surface area contributed by atoms with Gasteiger partial charge in [-0.15, -0.1) is 0 Å². The number of thiazole rings is 1. The molecule has 0 saturated heterocycles. The first-order valence-corrected chi connectivity index (χ1v) is 11.1. The standard InChI is InChI=1S/C24H22N2O5S/c1-4-30-22(28)13-26-17-10-9-15(14(2)3)11-21(17)32-24(26)25-23(29)20-12-18(27)16-7-5-6-8-19(16)31-20/h5-12,14H,4,13H2,1-3H3. The van der Waals surface area contributed by atoms with Gasteiger partial charge in [0.05, 0.1) is 22.2 Å². The minimum atomic E-state index is -0.693. The number of carbonyl (C=O) groups is 2. The monoisotopic (exact) mass is 450 g/mol. The molecule has 0 atom stereocenters. The predicted molar refractivity (Wildman–Crippen MR) is 123 cm³/mol. The molecule has 0 N–H and O–H groups in total. The summed E-state index contributed by atoms with van der Waals surface area (Å²) in [6, 6.07) is 13.8. The molecule has 0 unspecified atom stereocenters. The fourth-order valence-corrected chi connectivity index (χ4v) is 4.45. The molecule has 0 fully saturated rings. The third kappa shape index (κ3) is 4.27. The first-order valence-electron chi connectivity index (χ1n) is 10.3. The number of rotatable bonds is 5. The highest BCUT2D eigenvalue weighted by Gasteiger charge is 2.16. The molecular weight excluding hydrogens is 428 g/mol. The lowest BCUT2D eigenvalue weighted by molar-refractivity contribution is -0.143. The summed E-state index contributed by atoms with van der Waals surface area (Å²) in [4.78, 5) is 42.0. The second kappa shape index (κ2) is 8.92. The number of carbonyl (C=O) groups excluding carboxylic acids is 2. The Hall–Kier alpha value is -3.52. The van der Waals surface area contributed by atoms with E-state index in [1.54, 1.807) is 35.8 Å². The number of esters is 1. The van der Waals surface area contributed by atoms with E-state index in [1.165, 1.54) is 11.3 Å². The van der Waals surface area contributed by atoms with E-state index in [9.17, 15) is 14.4 Å². The van der Waals surface area contributed by atoms with E-state index in [-0.39, 0.29) is 24.3 Å². The van der Waals surface area contributed by atoms with E-state index >= 15 is 0 Å². The molecule has 164 valence electrons. The third-order valence-corrected chi connectivity index (χ3v) is 6.05. The van der Waals surface area contributed by atoms with E-state index in [4.69, 9.17) is 9.15 Å². The van der Waals surface area contributed by atoms with Crippen molar-refractivity contribution < 1.29 is 18.7 Å². The number of nitrogens with zero attached hydrogens (tertiary/aromatic N) is 2. The van der Waals surface area contributed by atoms with Gasteiger partial charge in [0, 0.05) is 6.07 Å². The minimum Gasteiger partial charge on any atom is -0.465 e. The van der Waals surface area contributed by atoms with Crippen LogP contribution in [0.3, 0.4) is 0 Å². The number of ether oxygens (including phenoxy) is 1. The lowest BCUT2D eigenvalue weighted by Crippen LogP contribution is -2.23. The molecule has 0 radical (unpaired) electrons. The summed E-state index contributed by atoms with van der Waals surface area (Å²) >= 11 is 1.29. The lowest BCUT2D eigenvalue weighted by atomic mass is 10.0. The maximum absolute atomic E-state index is 12.9. The van der Waals surface area contributed by atoms with E-state index in [2.05, 4.69) is 18.8 Å². The van der Waals surface area contributed by atoms with Gasteiger partial charge in [-0.05, 0) is 42.7 Å². The zero-order chi connectivity index (χ0) is 22.8. The number of hydrogen-bond donors (Lipinski definition) is 0. The summed E-state index contributed by atoms with van der Waals surface area (Å²) in [5.74, 6) is -0.946. The quantitative estimate of drug-likeness (QED) is 0.424. The van der Waals surface area contributed by atoms with Gasteiger partial charge in [0.1, 0.15) is 12.1 Å². The van der Waals surface area contributed by atoms with Crippen LogP contribution in [0.25, 0.3) is 21.2 Å². The molecular formula is C24H22N2O5S. The first-order chi connectivity index (χ1) is 15.4. The van der Waals surface area contributed by atoms with Crippen LogP contribution in [0, 0.1) is 0 Å². The maximum Gasteiger partial charge on any atom is 0.326 e. The van der Waals surface area contributed by atoms with Crippen LogP contribution in [0.2, 0.25) is 0 Å². The summed E-state index contributed by atoms with van der Waals surface area (Å²) in [5.41, 5.74) is 1.91. The number of aromatic nitrogens is 1. The molecule has 4 rings (SSSR count). The number of benzene rings is 2. The smallest absolute Gasteiger partial charge is 0.326 e. The fraction of sp³-hybridized carbons (Fsp3) is 0.250. The van der Waals surface area contributed by atoms with Crippen molar-refractivity contribution in [3.05, 3.63) is 74.9 Å². The molecule has 2 heterocycles. The third-order valence-electron chi connectivity index (χ3n) is 5.01. The lowest BCUT2D eigenvalue weighted by Gasteiger charge is -2.07. The van der Waals surface area contributed by atoms with Crippen molar-refractivity contribution in [1.29, 1.82) is 0 Å². The Morgan fingerprint density at radius 1 is 1.16 bits per heavy atom. The van der Waals surface area contributed by atoms with Gasteiger partial charge >= 0.3 is 11.9 Å². The molecule has 2 aromatic carbocycles. The summed E-state index contributed by atoms with van der Waals surface area (Å²) in [7, 11) is 0. The van der Waals surface area contributed by atoms with Gasteiger partial charge < -0.3 is 13.7 Å². The van der Waals surface area contributed by atoms with Gasteiger partial charge in [-0.3, -0.25) is 14.4 Å². The zero-order valence-corrected chi connectivity index (χ0v) is 18.8. The van der Waals surface area contributed by atoms with Gasteiger partial charge in [0.25, 0.3) is 0 Å². The van der Waals surface area contributed by atoms with Crippen LogP contribution in [0.4, 0.5) is 0 Å². The maximum atomic E-state index is 12.9. The summed E-state index contributed by atoms with van der Waals surface area (Å²) in [6.07, 6.45) is 0. The van der Waals surface area contributed by atoms with Crippen molar-refractivity contribution in [2.75, 3.05) is 6.61 Å². The van der Waals surface area contributed by atoms with Crippen molar-refractivity contribution in [2.45, 2.75) is 33.2 Å². The average molecular weight is 451 g/mol. The van der Waals surface area contributed by atoms with Crippen LogP contribution < -0.4 is 10.2 Å². The average Bonchev–Trinajstić information content (AvgIpc) is 3.09. The SMILES string of the molecule is CCOC(=O)Cn1c(=NC(=O)c2cc(=O)c3ccccc3o2)sc2cc(C(C)C)ccc21. The van der Waals surface area contributed by atoms with Gasteiger partial charge in [0.2, 0.25) is 0 Å². The number of para-hydroxylation sites is 1. The number of hydrogen-bond acceptors (Lipinski definition) is 6. The first kappa shape index (κ1) is 21.7. The molecule has 0 bridgehead atoms. The molecule has 1 amide bonds. The van der Waals surface area contributed by atoms with E-state index in [0.29, 0.717) is 21.7 Å². The van der Waals surface area contributed by atoms with Gasteiger partial charge in [-0.2, -0.15) is 4.99 Å². The van der Waals surface area contributed by atoms with E-state index < -0.39 is 11.9 Å². The van der Waals surface area contributed by atoms with Crippen molar-refractivity contribution in [3.8, 4) is 0 Å². The van der Waals surface area contributed by atoms with E-state index in [1.807, 2.05) is 18.2 Å². The van der Waals surface area contributed by atoms with Gasteiger partial charge in [-0.1, -0.05) is 43.4 Å². The fourth-order valence-electron chi connectivity index (χ4n) is 3.37. The highest BCUT2D eigenvalue weighted by molar-refractivity contribution is 7.16. The van der Waals surface area contributed by atoms with Crippen LogP contribution in [0.5, 0.6) is 0 Å². The Bertz CT molecular complexity index is 1460. The Labute approximate surface area is 187 Å². The van der Waals surface area contributed by atoms with E-state index in [0.717, 1.165) is 21.8 Å². The topological polar surface area (TPSA) is 90.9 Å². The Morgan fingerprint density at radius 3 is 2.69 bits per heavy atom. The minimum absolute atomic E-state index is 0.0807. The molecule has 0 saturated carbocycles. The second-order valence-electron chi connectivity index (χ2n) is 7.55. The van der Waals surface area contributed by atoms with Crippen LogP contribution in [0.1, 0.15) is 42.8 Å². The van der Waals surface area contributed by atoms with Crippen LogP contribution in [0.15, 0.2) is 62.7 Å².